The Morgan fingerprint density at radius 3 is 1.90 bits per heavy atom. The van der Waals surface area contributed by atoms with Crippen LogP contribution < -0.4 is 0 Å². The molecule has 0 spiro atoms. The number of halogens is 1. The van der Waals surface area contributed by atoms with Gasteiger partial charge in [-0.25, -0.2) is 9.97 Å². The summed E-state index contributed by atoms with van der Waals surface area (Å²) in [6, 6.07) is 26.4. The Bertz CT molecular complexity index is 1980. The van der Waals surface area contributed by atoms with E-state index in [4.69, 9.17) is 9.97 Å². The fourth-order valence-electron chi connectivity index (χ4n) is 5.02. The summed E-state index contributed by atoms with van der Waals surface area (Å²) < 4.78 is 3.29. The SMILES string of the molecule is Cc1c2nc(c(-c3ccccc3)c3ccc(s3)c(-c3ccc(O)cc3)c3nc(c(I)c4ccc1[nH]4)C=C3)C=C2. The molecule has 5 aromatic rings. The molecular weight excluding hydrogens is 613 g/mol. The molecule has 0 saturated carbocycles. The maximum Gasteiger partial charge on any atom is 0.115 e. The van der Waals surface area contributed by atoms with Gasteiger partial charge in [0.1, 0.15) is 5.75 Å². The van der Waals surface area contributed by atoms with Gasteiger partial charge in [-0.2, -0.15) is 0 Å². The molecule has 6 heteroatoms. The number of aromatic amines is 1. The molecule has 2 aromatic carbocycles. The van der Waals surface area contributed by atoms with Crippen LogP contribution in [0, 0.1) is 10.5 Å². The third-order valence-corrected chi connectivity index (χ3v) is 9.30. The number of thiophene rings is 1. The number of hydrogen-bond donors (Lipinski definition) is 2. The Balaban J connectivity index is 1.67. The van der Waals surface area contributed by atoms with E-state index in [1.807, 2.05) is 18.2 Å². The topological polar surface area (TPSA) is 61.8 Å². The first-order chi connectivity index (χ1) is 19.0. The number of nitrogens with zero attached hydrogens (tertiary/aromatic N) is 2. The van der Waals surface area contributed by atoms with Crippen molar-refractivity contribution < 1.29 is 5.11 Å². The number of benzene rings is 2. The molecule has 39 heavy (non-hydrogen) atoms. The fraction of sp³-hybridized carbons (Fsp3) is 0.0303. The molecule has 0 aliphatic carbocycles. The molecule has 5 heterocycles. The summed E-state index contributed by atoms with van der Waals surface area (Å²) in [5.41, 5.74) is 11.2. The first kappa shape index (κ1) is 24.1. The van der Waals surface area contributed by atoms with Crippen molar-refractivity contribution in [2.24, 2.45) is 0 Å². The van der Waals surface area contributed by atoms with E-state index in [0.29, 0.717) is 0 Å². The zero-order valence-electron chi connectivity index (χ0n) is 20.9. The summed E-state index contributed by atoms with van der Waals surface area (Å²) in [5.74, 6) is 0.242. The summed E-state index contributed by atoms with van der Waals surface area (Å²) in [7, 11) is 0. The number of nitrogens with one attached hydrogen (secondary N) is 1. The van der Waals surface area contributed by atoms with Crippen LogP contribution in [0.3, 0.4) is 0 Å². The normalized spacial score (nSPS) is 12.3. The van der Waals surface area contributed by atoms with Crippen molar-refractivity contribution in [3.63, 3.8) is 0 Å². The lowest BCUT2D eigenvalue weighted by Crippen LogP contribution is -1.86. The van der Waals surface area contributed by atoms with Gasteiger partial charge in [0.25, 0.3) is 0 Å². The minimum atomic E-state index is 0.242. The standard InChI is InChI=1S/C33H22IN3OS/c1-19-23-11-13-25(35-23)31(20-5-3-2-4-6-20)29-17-18-30(39-29)32(21-7-9-22(38)10-8-21)26-14-16-28(37-26)33(34)27-15-12-24(19)36-27/h2-18,36,38H,1H3. The van der Waals surface area contributed by atoms with E-state index in [2.05, 4.69) is 107 Å². The largest absolute Gasteiger partial charge is 0.508 e. The molecule has 7 rings (SSSR count). The Labute approximate surface area is 243 Å². The number of rotatable bonds is 2. The molecule has 0 unspecified atom stereocenters. The minimum Gasteiger partial charge on any atom is -0.508 e. The Morgan fingerprint density at radius 2 is 1.21 bits per heavy atom. The van der Waals surface area contributed by atoms with Crippen LogP contribution in [0.5, 0.6) is 5.75 Å². The van der Waals surface area contributed by atoms with Crippen LogP contribution in [0.25, 0.3) is 67.0 Å². The van der Waals surface area contributed by atoms with E-state index in [1.165, 1.54) is 0 Å². The second kappa shape index (κ2) is 9.63. The van der Waals surface area contributed by atoms with Gasteiger partial charge in [0.15, 0.2) is 0 Å². The zero-order chi connectivity index (χ0) is 26.5. The van der Waals surface area contributed by atoms with Gasteiger partial charge in [0, 0.05) is 26.0 Å². The highest BCUT2D eigenvalue weighted by atomic mass is 127. The molecule has 8 bridgehead atoms. The summed E-state index contributed by atoms with van der Waals surface area (Å²) in [4.78, 5) is 13.8. The molecule has 3 aromatic heterocycles. The van der Waals surface area contributed by atoms with Crippen LogP contribution >= 0.6 is 33.9 Å². The lowest BCUT2D eigenvalue weighted by atomic mass is 10.0. The molecule has 2 N–H and O–H groups in total. The van der Waals surface area contributed by atoms with Gasteiger partial charge in [-0.15, -0.1) is 11.3 Å². The molecule has 188 valence electrons. The van der Waals surface area contributed by atoms with Gasteiger partial charge in [-0.3, -0.25) is 0 Å². The molecule has 2 aliphatic rings. The highest BCUT2D eigenvalue weighted by Crippen LogP contribution is 2.39. The third-order valence-electron chi connectivity index (χ3n) is 7.05. The summed E-state index contributed by atoms with van der Waals surface area (Å²) in [6.45, 7) is 2.11. The quantitative estimate of drug-likeness (QED) is 0.186. The third kappa shape index (κ3) is 4.30. The van der Waals surface area contributed by atoms with Crippen LogP contribution in [0.1, 0.15) is 28.3 Å². The van der Waals surface area contributed by atoms with Gasteiger partial charge < -0.3 is 10.1 Å². The molecule has 0 saturated heterocycles. The number of phenols is 1. The molecule has 0 radical (unpaired) electrons. The maximum atomic E-state index is 9.97. The van der Waals surface area contributed by atoms with Crippen molar-refractivity contribution in [2.45, 2.75) is 6.92 Å². The van der Waals surface area contributed by atoms with Gasteiger partial charge in [-0.1, -0.05) is 42.5 Å². The highest BCUT2D eigenvalue weighted by molar-refractivity contribution is 14.1. The summed E-state index contributed by atoms with van der Waals surface area (Å²) in [5, 5.41) is 9.97. The van der Waals surface area contributed by atoms with Crippen molar-refractivity contribution in [2.75, 3.05) is 0 Å². The predicted octanol–water partition coefficient (Wildman–Crippen LogP) is 9.34. The van der Waals surface area contributed by atoms with Crippen molar-refractivity contribution in [3.8, 4) is 28.0 Å². The predicted molar refractivity (Wildman–Crippen MR) is 172 cm³/mol. The number of H-pyrrole nitrogens is 1. The molecule has 4 nitrogen and oxygen atoms in total. The first-order valence-corrected chi connectivity index (χ1v) is 14.5. The van der Waals surface area contributed by atoms with Crippen LogP contribution in [0.2, 0.25) is 0 Å². The Kier molecular flexibility index (Phi) is 5.94. The minimum absolute atomic E-state index is 0.242. The maximum absolute atomic E-state index is 9.97. The smallest absolute Gasteiger partial charge is 0.115 e. The Hall–Kier alpha value is -4.01. The second-order valence-corrected chi connectivity index (χ2v) is 11.6. The van der Waals surface area contributed by atoms with Gasteiger partial charge in [0.05, 0.1) is 31.9 Å². The number of phenolic OH excluding ortho intramolecular Hbond substituents is 1. The van der Waals surface area contributed by atoms with Crippen molar-refractivity contribution in [3.05, 3.63) is 111 Å². The molecule has 2 aliphatic heterocycles. The van der Waals surface area contributed by atoms with Crippen LogP contribution in [0.15, 0.2) is 78.9 Å². The number of hydrogen-bond acceptors (Lipinski definition) is 4. The fourth-order valence-corrected chi connectivity index (χ4v) is 6.80. The van der Waals surface area contributed by atoms with Crippen molar-refractivity contribution >= 4 is 78.7 Å². The van der Waals surface area contributed by atoms with Gasteiger partial charge in [0.2, 0.25) is 0 Å². The Morgan fingerprint density at radius 1 is 0.641 bits per heavy atom. The van der Waals surface area contributed by atoms with E-state index in [9.17, 15) is 5.11 Å². The summed E-state index contributed by atoms with van der Waals surface area (Å²) >= 11 is 4.11. The average molecular weight is 636 g/mol. The average Bonchev–Trinajstić information content (AvgIpc) is 3.78. The van der Waals surface area contributed by atoms with Gasteiger partial charge in [-0.05, 0) is 107 Å². The molecular formula is C33H22IN3OS. The summed E-state index contributed by atoms with van der Waals surface area (Å²) in [6.07, 6.45) is 8.39. The second-order valence-electron chi connectivity index (χ2n) is 9.48. The first-order valence-electron chi connectivity index (χ1n) is 12.6. The molecule has 0 atom stereocenters. The number of fused-ring (bicyclic) bond motifs is 8. The monoisotopic (exact) mass is 635 g/mol. The molecule has 0 fully saturated rings. The van der Waals surface area contributed by atoms with Crippen molar-refractivity contribution in [1.29, 1.82) is 0 Å². The van der Waals surface area contributed by atoms with E-state index >= 15 is 0 Å². The number of aromatic nitrogens is 3. The lowest BCUT2D eigenvalue weighted by molar-refractivity contribution is 0.475. The van der Waals surface area contributed by atoms with E-state index < -0.39 is 0 Å². The van der Waals surface area contributed by atoms with Crippen LogP contribution in [-0.4, -0.2) is 20.1 Å². The van der Waals surface area contributed by atoms with E-state index in [1.54, 1.807) is 23.5 Å². The van der Waals surface area contributed by atoms with E-state index in [-0.39, 0.29) is 5.75 Å². The van der Waals surface area contributed by atoms with Crippen LogP contribution in [-0.2, 0) is 0 Å². The number of aromatic hydroxyl groups is 1. The van der Waals surface area contributed by atoms with E-state index in [0.717, 1.165) is 74.6 Å². The number of aryl methyl sites for hydroxylation is 1. The lowest BCUT2D eigenvalue weighted by Gasteiger charge is -2.05. The van der Waals surface area contributed by atoms with Crippen molar-refractivity contribution in [1.82, 2.24) is 15.0 Å². The highest BCUT2D eigenvalue weighted by Gasteiger charge is 2.16. The van der Waals surface area contributed by atoms with Gasteiger partial charge >= 0.3 is 0 Å². The molecule has 0 amide bonds. The van der Waals surface area contributed by atoms with Crippen LogP contribution in [0.4, 0.5) is 0 Å². The zero-order valence-corrected chi connectivity index (χ0v) is 23.9.